The largest absolute Gasteiger partial charge is 0.394 e. The highest BCUT2D eigenvalue weighted by atomic mass is 16.5. The first-order valence-corrected chi connectivity index (χ1v) is 5.81. The van der Waals surface area contributed by atoms with Crippen LogP contribution >= 0.6 is 0 Å². The van der Waals surface area contributed by atoms with Gasteiger partial charge in [0.1, 0.15) is 12.4 Å². The first kappa shape index (κ1) is 12.2. The van der Waals surface area contributed by atoms with Crippen LogP contribution in [0.25, 0.3) is 0 Å². The molecule has 1 fully saturated rings. The lowest BCUT2D eigenvalue weighted by atomic mass is 10.1. The molecular weight excluding hydrogens is 218 g/mol. The van der Waals surface area contributed by atoms with Crippen LogP contribution in [0.3, 0.4) is 0 Å². The monoisotopic (exact) mass is 235 g/mol. The van der Waals surface area contributed by atoms with Gasteiger partial charge in [-0.1, -0.05) is 30.3 Å². The number of rotatable bonds is 4. The minimum absolute atomic E-state index is 0.116. The smallest absolute Gasteiger partial charge is 0.139 e. The van der Waals surface area contributed by atoms with E-state index in [2.05, 4.69) is 0 Å². The summed E-state index contributed by atoms with van der Waals surface area (Å²) < 4.78 is 5.38. The van der Waals surface area contributed by atoms with Gasteiger partial charge in [0.15, 0.2) is 0 Å². The molecule has 2 rings (SSSR count). The third-order valence-electron chi connectivity index (χ3n) is 3.06. The van der Waals surface area contributed by atoms with E-state index in [4.69, 9.17) is 9.84 Å². The van der Waals surface area contributed by atoms with Gasteiger partial charge in [-0.05, 0) is 5.56 Å². The molecule has 92 valence electrons. The van der Waals surface area contributed by atoms with Gasteiger partial charge in [0.2, 0.25) is 0 Å². The number of hydrogen-bond donors (Lipinski definition) is 1. The van der Waals surface area contributed by atoms with Gasteiger partial charge in [0.05, 0.1) is 19.3 Å². The maximum atomic E-state index is 11.1. The van der Waals surface area contributed by atoms with Crippen LogP contribution in [-0.2, 0) is 16.1 Å². The quantitative estimate of drug-likeness (QED) is 0.770. The van der Waals surface area contributed by atoms with E-state index in [1.807, 2.05) is 35.2 Å². The summed E-state index contributed by atoms with van der Waals surface area (Å²) >= 11 is 0. The summed E-state index contributed by atoms with van der Waals surface area (Å²) in [5.74, 6) is 0. The zero-order valence-electron chi connectivity index (χ0n) is 9.66. The predicted octanol–water partition coefficient (Wildman–Crippen LogP) is 0.447. The van der Waals surface area contributed by atoms with Gasteiger partial charge < -0.3 is 14.6 Å². The molecule has 1 saturated heterocycles. The number of benzene rings is 1. The number of nitrogens with zero attached hydrogens (tertiary/aromatic N) is 1. The Kier molecular flexibility index (Phi) is 4.25. The Hall–Kier alpha value is -1.23. The van der Waals surface area contributed by atoms with Gasteiger partial charge in [-0.25, -0.2) is 0 Å². The summed E-state index contributed by atoms with van der Waals surface area (Å²) in [5.41, 5.74) is 1.16. The number of aldehydes is 1. The number of aliphatic hydroxyl groups is 1. The lowest BCUT2D eigenvalue weighted by molar-refractivity contribution is -0.131. The molecule has 1 unspecified atom stereocenters. The molecular formula is C13H17NO3. The summed E-state index contributed by atoms with van der Waals surface area (Å²) in [5, 5.41) is 9.17. The molecule has 1 heterocycles. The second-order valence-corrected chi connectivity index (χ2v) is 4.17. The normalized spacial score (nSPS) is 25.7. The van der Waals surface area contributed by atoms with E-state index < -0.39 is 6.10 Å². The number of aliphatic hydroxyl groups excluding tert-OH is 1. The summed E-state index contributed by atoms with van der Waals surface area (Å²) in [6.07, 6.45) is 0.466. The van der Waals surface area contributed by atoms with E-state index in [-0.39, 0.29) is 12.6 Å². The van der Waals surface area contributed by atoms with Crippen molar-refractivity contribution in [2.75, 3.05) is 19.8 Å². The third-order valence-corrected chi connectivity index (χ3v) is 3.06. The minimum Gasteiger partial charge on any atom is -0.394 e. The van der Waals surface area contributed by atoms with Crippen LogP contribution in [0.5, 0.6) is 0 Å². The van der Waals surface area contributed by atoms with Crippen molar-refractivity contribution in [3.8, 4) is 0 Å². The van der Waals surface area contributed by atoms with Crippen LogP contribution in [0, 0.1) is 0 Å². The summed E-state index contributed by atoms with van der Waals surface area (Å²) in [6, 6.07) is 9.64. The lowest BCUT2D eigenvalue weighted by Gasteiger charge is -2.37. The van der Waals surface area contributed by atoms with Crippen LogP contribution in [0.15, 0.2) is 30.3 Å². The Bertz CT molecular complexity index is 355. The van der Waals surface area contributed by atoms with Crippen molar-refractivity contribution in [1.29, 1.82) is 0 Å². The Morgan fingerprint density at radius 2 is 2.18 bits per heavy atom. The van der Waals surface area contributed by atoms with Crippen molar-refractivity contribution in [1.82, 2.24) is 4.90 Å². The Labute approximate surface area is 101 Å². The molecule has 0 radical (unpaired) electrons. The first-order valence-electron chi connectivity index (χ1n) is 5.81. The Morgan fingerprint density at radius 1 is 1.41 bits per heavy atom. The molecule has 0 spiro atoms. The predicted molar refractivity (Wildman–Crippen MR) is 63.5 cm³/mol. The fourth-order valence-corrected chi connectivity index (χ4v) is 2.14. The van der Waals surface area contributed by atoms with E-state index >= 15 is 0 Å². The highest BCUT2D eigenvalue weighted by molar-refractivity contribution is 5.59. The molecule has 1 aromatic carbocycles. The number of ether oxygens (including phenoxy) is 1. The number of hydrogen-bond acceptors (Lipinski definition) is 4. The van der Waals surface area contributed by atoms with E-state index in [0.29, 0.717) is 13.2 Å². The second kappa shape index (κ2) is 5.91. The van der Waals surface area contributed by atoms with E-state index in [1.54, 1.807) is 0 Å². The number of carbonyl (C=O) groups excluding carboxylic acids is 1. The fraction of sp³-hybridized carbons (Fsp3) is 0.462. The van der Waals surface area contributed by atoms with Crippen molar-refractivity contribution in [2.45, 2.75) is 18.7 Å². The highest BCUT2D eigenvalue weighted by Gasteiger charge is 2.31. The average Bonchev–Trinajstić information content (AvgIpc) is 2.39. The van der Waals surface area contributed by atoms with Crippen LogP contribution in [0.4, 0.5) is 0 Å². The van der Waals surface area contributed by atoms with Crippen molar-refractivity contribution < 1.29 is 14.6 Å². The van der Waals surface area contributed by atoms with E-state index in [0.717, 1.165) is 18.4 Å². The maximum Gasteiger partial charge on any atom is 0.139 e. The van der Waals surface area contributed by atoms with E-state index in [9.17, 15) is 4.79 Å². The number of morpholine rings is 1. The van der Waals surface area contributed by atoms with Crippen LogP contribution in [0.1, 0.15) is 5.56 Å². The zero-order chi connectivity index (χ0) is 12.1. The summed E-state index contributed by atoms with van der Waals surface area (Å²) in [6.45, 7) is 1.87. The van der Waals surface area contributed by atoms with Crippen LogP contribution in [-0.4, -0.2) is 48.2 Å². The SMILES string of the molecule is O=CC1[C@H](CO)OCCN1Cc1ccccc1. The molecule has 0 saturated carbocycles. The van der Waals surface area contributed by atoms with Crippen molar-refractivity contribution in [2.24, 2.45) is 0 Å². The molecule has 1 aliphatic heterocycles. The minimum atomic E-state index is -0.398. The Balaban J connectivity index is 2.06. The van der Waals surface area contributed by atoms with Gasteiger partial charge in [-0.2, -0.15) is 0 Å². The molecule has 2 atom stereocenters. The Morgan fingerprint density at radius 3 is 2.82 bits per heavy atom. The van der Waals surface area contributed by atoms with Crippen molar-refractivity contribution in [3.63, 3.8) is 0 Å². The summed E-state index contributed by atoms with van der Waals surface area (Å²) in [7, 11) is 0. The molecule has 0 aliphatic carbocycles. The van der Waals surface area contributed by atoms with Gasteiger partial charge in [0.25, 0.3) is 0 Å². The van der Waals surface area contributed by atoms with Crippen LogP contribution < -0.4 is 0 Å². The van der Waals surface area contributed by atoms with Crippen molar-refractivity contribution in [3.05, 3.63) is 35.9 Å². The van der Waals surface area contributed by atoms with Crippen molar-refractivity contribution >= 4 is 6.29 Å². The molecule has 17 heavy (non-hydrogen) atoms. The fourth-order valence-electron chi connectivity index (χ4n) is 2.14. The third kappa shape index (κ3) is 2.91. The lowest BCUT2D eigenvalue weighted by Crippen LogP contribution is -2.53. The molecule has 1 N–H and O–H groups in total. The first-order chi connectivity index (χ1) is 8.35. The maximum absolute atomic E-state index is 11.1. The molecule has 4 nitrogen and oxygen atoms in total. The molecule has 1 aliphatic rings. The van der Waals surface area contributed by atoms with Gasteiger partial charge >= 0.3 is 0 Å². The molecule has 0 bridgehead atoms. The molecule has 1 aromatic rings. The summed E-state index contributed by atoms with van der Waals surface area (Å²) in [4.78, 5) is 13.1. The van der Waals surface area contributed by atoms with E-state index in [1.165, 1.54) is 0 Å². The van der Waals surface area contributed by atoms with Gasteiger partial charge in [-0.3, -0.25) is 4.90 Å². The average molecular weight is 235 g/mol. The number of carbonyl (C=O) groups is 1. The standard InChI is InChI=1S/C13H17NO3/c15-9-12-13(10-16)17-7-6-14(12)8-11-4-2-1-3-5-11/h1-5,9,12-13,16H,6-8,10H2/t12?,13-/m0/s1. The molecule has 0 aromatic heterocycles. The highest BCUT2D eigenvalue weighted by Crippen LogP contribution is 2.15. The molecule has 4 heteroatoms. The van der Waals surface area contributed by atoms with Crippen LogP contribution in [0.2, 0.25) is 0 Å². The molecule has 0 amide bonds. The van der Waals surface area contributed by atoms with Gasteiger partial charge in [-0.15, -0.1) is 0 Å². The van der Waals surface area contributed by atoms with Gasteiger partial charge in [0, 0.05) is 13.1 Å². The second-order valence-electron chi connectivity index (χ2n) is 4.17. The zero-order valence-corrected chi connectivity index (χ0v) is 9.66. The topological polar surface area (TPSA) is 49.8 Å².